The topological polar surface area (TPSA) is 18.5 Å². The molecule has 0 bridgehead atoms. The molecule has 2 unspecified atom stereocenters. The quantitative estimate of drug-likeness (QED) is 0.574. The molecule has 3 rings (SSSR count). The minimum atomic E-state index is -4.07. The lowest BCUT2D eigenvalue weighted by molar-refractivity contribution is -0.291. The van der Waals surface area contributed by atoms with Gasteiger partial charge in [-0.3, -0.25) is 0 Å². The van der Waals surface area contributed by atoms with E-state index in [9.17, 15) is 17.6 Å². The van der Waals surface area contributed by atoms with Gasteiger partial charge in [0.25, 0.3) is 0 Å². The van der Waals surface area contributed by atoms with Crippen LogP contribution in [0.4, 0.5) is 17.6 Å². The third-order valence-corrected chi connectivity index (χ3v) is 5.35. The molecule has 2 atom stereocenters. The molecule has 1 fully saturated rings. The molecular weight excluding hydrogens is 372 g/mol. The third-order valence-electron chi connectivity index (χ3n) is 5.35. The van der Waals surface area contributed by atoms with Crippen LogP contribution in [0.15, 0.2) is 24.3 Å². The van der Waals surface area contributed by atoms with Crippen molar-refractivity contribution in [1.82, 2.24) is 0 Å². The van der Waals surface area contributed by atoms with Crippen LogP contribution < -0.4 is 0 Å². The summed E-state index contributed by atoms with van der Waals surface area (Å²) in [6.07, 6.45) is -4.43. The molecule has 2 nitrogen and oxygen atoms in total. The molecule has 0 saturated carbocycles. The second kappa shape index (κ2) is 7.84. The summed E-state index contributed by atoms with van der Waals surface area (Å²) in [5.41, 5.74) is 3.37. The van der Waals surface area contributed by atoms with E-state index < -0.39 is 29.4 Å². The van der Waals surface area contributed by atoms with Crippen molar-refractivity contribution in [2.45, 2.75) is 58.9 Å². The fraction of sp³-hybridized carbons (Fsp3) is 0.455. The van der Waals surface area contributed by atoms with Crippen molar-refractivity contribution in [3.8, 4) is 0 Å². The van der Waals surface area contributed by atoms with Crippen LogP contribution in [0.5, 0.6) is 0 Å². The molecule has 1 aliphatic heterocycles. The van der Waals surface area contributed by atoms with Crippen LogP contribution in [0.1, 0.15) is 52.3 Å². The first-order valence-electron chi connectivity index (χ1n) is 9.29. The normalized spacial score (nSPS) is 20.4. The van der Waals surface area contributed by atoms with Gasteiger partial charge in [0.1, 0.15) is 17.2 Å². The van der Waals surface area contributed by atoms with E-state index in [4.69, 9.17) is 9.47 Å². The van der Waals surface area contributed by atoms with Gasteiger partial charge in [0.05, 0.1) is 18.8 Å². The van der Waals surface area contributed by atoms with Gasteiger partial charge in [-0.15, -0.1) is 0 Å². The second-order valence-electron chi connectivity index (χ2n) is 7.54. The Balaban J connectivity index is 1.69. The summed E-state index contributed by atoms with van der Waals surface area (Å²) in [5.74, 6) is -2.63. The summed E-state index contributed by atoms with van der Waals surface area (Å²) in [7, 11) is 0. The van der Waals surface area contributed by atoms with Crippen molar-refractivity contribution in [3.63, 3.8) is 0 Å². The van der Waals surface area contributed by atoms with E-state index in [1.165, 1.54) is 12.5 Å². The van der Waals surface area contributed by atoms with Gasteiger partial charge < -0.3 is 9.47 Å². The molecule has 28 heavy (non-hydrogen) atoms. The van der Waals surface area contributed by atoms with Crippen LogP contribution in [0.2, 0.25) is 0 Å². The summed E-state index contributed by atoms with van der Waals surface area (Å²) in [6, 6.07) is 5.82. The third kappa shape index (κ3) is 4.23. The lowest BCUT2D eigenvalue weighted by Crippen LogP contribution is -2.34. The highest BCUT2D eigenvalue weighted by atomic mass is 19.3. The van der Waals surface area contributed by atoms with E-state index in [-0.39, 0.29) is 18.3 Å². The Morgan fingerprint density at radius 3 is 2.00 bits per heavy atom. The highest BCUT2D eigenvalue weighted by Gasteiger charge is 2.42. The maximum absolute atomic E-state index is 14.4. The number of ether oxygens (including phenoxy) is 2. The van der Waals surface area contributed by atoms with E-state index in [2.05, 4.69) is 0 Å². The zero-order valence-electron chi connectivity index (χ0n) is 16.4. The average Bonchev–Trinajstić information content (AvgIpc) is 2.58. The molecule has 2 aromatic carbocycles. The molecule has 6 heteroatoms. The minimum absolute atomic E-state index is 0.0681. The Morgan fingerprint density at radius 1 is 0.929 bits per heavy atom. The summed E-state index contributed by atoms with van der Waals surface area (Å²) in [5, 5.41) is 0. The predicted molar refractivity (Wildman–Crippen MR) is 98.4 cm³/mol. The minimum Gasteiger partial charge on any atom is -0.371 e. The van der Waals surface area contributed by atoms with Crippen LogP contribution in [-0.4, -0.2) is 12.7 Å². The molecule has 0 radical (unpaired) electrons. The van der Waals surface area contributed by atoms with Crippen LogP contribution >= 0.6 is 0 Å². The van der Waals surface area contributed by atoms with E-state index in [1.54, 1.807) is 0 Å². The highest BCUT2D eigenvalue weighted by Crippen LogP contribution is 2.38. The monoisotopic (exact) mass is 396 g/mol. The predicted octanol–water partition coefficient (Wildman–Crippen LogP) is 6.18. The summed E-state index contributed by atoms with van der Waals surface area (Å²) in [4.78, 5) is 0. The standard InChI is InChI=1S/C22H24F4O2/c1-12-7-18(23)21(19(24)8-12)22(25,26)28-17-5-6-20(27-11-17)16-9-13(2)15(4)14(3)10-16/h7-10,17,20H,5-6,11H2,1-4H3. The Hall–Kier alpha value is -1.92. The van der Waals surface area contributed by atoms with E-state index in [1.807, 2.05) is 32.9 Å². The van der Waals surface area contributed by atoms with Crippen molar-refractivity contribution in [2.75, 3.05) is 6.61 Å². The molecule has 0 amide bonds. The molecule has 2 aromatic rings. The molecular formula is C22H24F4O2. The zero-order valence-corrected chi connectivity index (χ0v) is 16.4. The van der Waals surface area contributed by atoms with Gasteiger partial charge in [0.15, 0.2) is 0 Å². The van der Waals surface area contributed by atoms with Crippen molar-refractivity contribution in [2.24, 2.45) is 0 Å². The lowest BCUT2D eigenvalue weighted by atomic mass is 9.94. The van der Waals surface area contributed by atoms with Crippen LogP contribution in [0.25, 0.3) is 0 Å². The summed E-state index contributed by atoms with van der Waals surface area (Å²) >= 11 is 0. The highest BCUT2D eigenvalue weighted by molar-refractivity contribution is 5.38. The van der Waals surface area contributed by atoms with Crippen LogP contribution in [0.3, 0.4) is 0 Å². The Morgan fingerprint density at radius 2 is 1.50 bits per heavy atom. The summed E-state index contributed by atoms with van der Waals surface area (Å²) < 4.78 is 67.2. The number of benzene rings is 2. The fourth-order valence-electron chi connectivity index (χ4n) is 3.58. The number of halogens is 4. The van der Waals surface area contributed by atoms with E-state index in [0.717, 1.165) is 28.8 Å². The molecule has 1 aliphatic rings. The smallest absolute Gasteiger partial charge is 0.371 e. The molecule has 1 heterocycles. The number of hydrogen-bond donors (Lipinski definition) is 0. The molecule has 1 saturated heterocycles. The number of aryl methyl sites for hydroxylation is 3. The summed E-state index contributed by atoms with van der Waals surface area (Å²) in [6.45, 7) is 7.45. The van der Waals surface area contributed by atoms with E-state index >= 15 is 0 Å². The first-order chi connectivity index (χ1) is 13.1. The largest absolute Gasteiger partial charge is 0.389 e. The maximum atomic E-state index is 14.4. The van der Waals surface area contributed by atoms with Gasteiger partial charge in [-0.25, -0.2) is 8.78 Å². The lowest BCUT2D eigenvalue weighted by Gasteiger charge is -2.32. The van der Waals surface area contributed by atoms with Crippen molar-refractivity contribution in [1.29, 1.82) is 0 Å². The Kier molecular flexibility index (Phi) is 5.82. The van der Waals surface area contributed by atoms with Gasteiger partial charge in [0.2, 0.25) is 0 Å². The van der Waals surface area contributed by atoms with Gasteiger partial charge in [0, 0.05) is 0 Å². The molecule has 0 aliphatic carbocycles. The first-order valence-corrected chi connectivity index (χ1v) is 9.29. The first kappa shape index (κ1) is 20.8. The fourth-order valence-corrected chi connectivity index (χ4v) is 3.58. The van der Waals surface area contributed by atoms with Crippen LogP contribution in [0, 0.1) is 39.3 Å². The van der Waals surface area contributed by atoms with Crippen LogP contribution in [-0.2, 0) is 15.6 Å². The second-order valence-corrected chi connectivity index (χ2v) is 7.54. The molecule has 0 N–H and O–H groups in total. The van der Waals surface area contributed by atoms with E-state index in [0.29, 0.717) is 12.8 Å². The zero-order chi connectivity index (χ0) is 20.6. The number of hydrogen-bond acceptors (Lipinski definition) is 2. The number of rotatable bonds is 4. The molecule has 0 aromatic heterocycles. The van der Waals surface area contributed by atoms with Gasteiger partial charge in [-0.05, 0) is 80.5 Å². The SMILES string of the molecule is Cc1cc(F)c(C(F)(F)OC2CCC(c3cc(C)c(C)c(C)c3)OC2)c(F)c1. The average molecular weight is 396 g/mol. The molecule has 0 spiro atoms. The van der Waals surface area contributed by atoms with Gasteiger partial charge in [-0.1, -0.05) is 12.1 Å². The molecule has 152 valence electrons. The van der Waals surface area contributed by atoms with Crippen molar-refractivity contribution in [3.05, 3.63) is 69.3 Å². The van der Waals surface area contributed by atoms with Crippen molar-refractivity contribution < 1.29 is 27.0 Å². The number of alkyl halides is 2. The van der Waals surface area contributed by atoms with Gasteiger partial charge in [-0.2, -0.15) is 8.78 Å². The Bertz CT molecular complexity index is 825. The van der Waals surface area contributed by atoms with Gasteiger partial charge >= 0.3 is 6.11 Å². The Labute approximate surface area is 162 Å². The maximum Gasteiger partial charge on any atom is 0.389 e. The van der Waals surface area contributed by atoms with Crippen molar-refractivity contribution >= 4 is 0 Å².